The molecule has 1 aromatic rings. The number of nitrogen functional groups attached to an aromatic ring is 1. The van der Waals surface area contributed by atoms with E-state index in [0.717, 1.165) is 13.0 Å². The van der Waals surface area contributed by atoms with Crippen LogP contribution >= 0.6 is 11.5 Å². The minimum Gasteiger partial charge on any atom is -0.367 e. The molecule has 15 heavy (non-hydrogen) atoms. The van der Waals surface area contributed by atoms with Gasteiger partial charge in [-0.3, -0.25) is 4.79 Å². The van der Waals surface area contributed by atoms with Gasteiger partial charge in [-0.25, -0.2) is 0 Å². The second-order valence-corrected chi connectivity index (χ2v) is 3.74. The van der Waals surface area contributed by atoms with E-state index in [9.17, 15) is 4.79 Å². The van der Waals surface area contributed by atoms with Crippen molar-refractivity contribution in [2.75, 3.05) is 24.1 Å². The van der Waals surface area contributed by atoms with Gasteiger partial charge in [0, 0.05) is 31.0 Å². The zero-order valence-electron chi connectivity index (χ0n) is 8.62. The van der Waals surface area contributed by atoms with E-state index in [-0.39, 0.29) is 11.9 Å². The number of nitrogens with zero attached hydrogens (tertiary/aromatic N) is 2. The van der Waals surface area contributed by atoms with Gasteiger partial charge in [0.25, 0.3) is 0 Å². The fourth-order valence-corrected chi connectivity index (χ4v) is 1.46. The smallest absolute Gasteiger partial charge is 0.233 e. The van der Waals surface area contributed by atoms with Crippen LogP contribution in [0.15, 0.2) is 0 Å². The fourth-order valence-electron chi connectivity index (χ4n) is 0.942. The Bertz CT molecular complexity index is 314. The van der Waals surface area contributed by atoms with E-state index in [1.807, 2.05) is 6.92 Å². The number of rotatable bonds is 6. The molecule has 0 radical (unpaired) electrons. The third-order valence-corrected chi connectivity index (χ3v) is 2.33. The Hall–Kier alpha value is -1.37. The predicted molar refractivity (Wildman–Crippen MR) is 60.7 cm³/mol. The average molecular weight is 229 g/mol. The van der Waals surface area contributed by atoms with Crippen molar-refractivity contribution in [1.82, 2.24) is 14.7 Å². The molecule has 1 amide bonds. The van der Waals surface area contributed by atoms with Crippen molar-refractivity contribution in [3.05, 3.63) is 0 Å². The van der Waals surface area contributed by atoms with E-state index < -0.39 is 0 Å². The Morgan fingerprint density at radius 1 is 1.53 bits per heavy atom. The lowest BCUT2D eigenvalue weighted by atomic mass is 10.4. The Balaban J connectivity index is 2.13. The number of nitrogens with one attached hydrogen (secondary N) is 2. The molecule has 84 valence electrons. The summed E-state index contributed by atoms with van der Waals surface area (Å²) in [7, 11) is 0. The normalized spacial score (nSPS) is 9.93. The van der Waals surface area contributed by atoms with Crippen molar-refractivity contribution < 1.29 is 4.79 Å². The molecule has 0 aliphatic heterocycles. The van der Waals surface area contributed by atoms with Crippen LogP contribution < -0.4 is 16.4 Å². The molecule has 0 bridgehead atoms. The summed E-state index contributed by atoms with van der Waals surface area (Å²) in [5, 5.41) is 6.41. The third-order valence-electron chi connectivity index (χ3n) is 1.64. The summed E-state index contributed by atoms with van der Waals surface area (Å²) in [6.07, 6.45) is 1.38. The highest BCUT2D eigenvalue weighted by atomic mass is 32.1. The monoisotopic (exact) mass is 229 g/mol. The Labute approximate surface area is 92.4 Å². The molecule has 4 N–H and O–H groups in total. The summed E-state index contributed by atoms with van der Waals surface area (Å²) < 4.78 is 3.81. The molecule has 6 nitrogen and oxygen atoms in total. The van der Waals surface area contributed by atoms with Crippen LogP contribution in [-0.2, 0) is 4.79 Å². The van der Waals surface area contributed by atoms with E-state index in [0.29, 0.717) is 18.1 Å². The minimum atomic E-state index is 0.0434. The topological polar surface area (TPSA) is 92.9 Å². The van der Waals surface area contributed by atoms with Crippen LogP contribution in [0.3, 0.4) is 0 Å². The maximum Gasteiger partial charge on any atom is 0.233 e. The van der Waals surface area contributed by atoms with Gasteiger partial charge in [0.05, 0.1) is 0 Å². The van der Waals surface area contributed by atoms with Crippen molar-refractivity contribution in [3.8, 4) is 0 Å². The zero-order valence-corrected chi connectivity index (χ0v) is 9.43. The average Bonchev–Trinajstić information content (AvgIpc) is 2.61. The molecule has 7 heteroatoms. The minimum absolute atomic E-state index is 0.0434. The molecule has 0 aromatic carbocycles. The van der Waals surface area contributed by atoms with Crippen molar-refractivity contribution in [3.63, 3.8) is 0 Å². The highest BCUT2D eigenvalue weighted by Crippen LogP contribution is 2.10. The number of aromatic nitrogens is 2. The molecule has 1 rings (SSSR count). The maximum absolute atomic E-state index is 11.2. The number of anilines is 2. The lowest BCUT2D eigenvalue weighted by molar-refractivity contribution is -0.120. The predicted octanol–water partition coefficient (Wildman–Crippen LogP) is 0.449. The largest absolute Gasteiger partial charge is 0.367 e. The lowest BCUT2D eigenvalue weighted by Gasteiger charge is -2.03. The van der Waals surface area contributed by atoms with E-state index in [2.05, 4.69) is 20.0 Å². The van der Waals surface area contributed by atoms with Gasteiger partial charge in [0.1, 0.15) is 0 Å². The fraction of sp³-hybridized carbons (Fsp3) is 0.625. The highest BCUT2D eigenvalue weighted by Gasteiger charge is 2.02. The van der Waals surface area contributed by atoms with Crippen LogP contribution in [0, 0.1) is 0 Å². The molecule has 0 aliphatic carbocycles. The number of carbonyl (C=O) groups excluding carboxylic acids is 1. The second-order valence-electron chi connectivity index (χ2n) is 2.98. The van der Waals surface area contributed by atoms with E-state index in [1.165, 1.54) is 11.5 Å². The van der Waals surface area contributed by atoms with Gasteiger partial charge < -0.3 is 16.4 Å². The zero-order chi connectivity index (χ0) is 11.1. The second kappa shape index (κ2) is 6.18. The van der Waals surface area contributed by atoms with Crippen LogP contribution in [0.5, 0.6) is 0 Å². The lowest BCUT2D eigenvalue weighted by Crippen LogP contribution is -2.25. The van der Waals surface area contributed by atoms with Crippen molar-refractivity contribution in [2.24, 2.45) is 0 Å². The summed E-state index contributed by atoms with van der Waals surface area (Å²) in [6, 6.07) is 0. The number of amides is 1. The summed E-state index contributed by atoms with van der Waals surface area (Å²) in [6.45, 7) is 3.29. The van der Waals surface area contributed by atoms with Gasteiger partial charge in [0.2, 0.25) is 17.0 Å². The first-order valence-electron chi connectivity index (χ1n) is 4.82. The third kappa shape index (κ3) is 4.59. The molecule has 0 saturated heterocycles. The van der Waals surface area contributed by atoms with Gasteiger partial charge in [-0.1, -0.05) is 6.92 Å². The Morgan fingerprint density at radius 2 is 2.33 bits per heavy atom. The highest BCUT2D eigenvalue weighted by molar-refractivity contribution is 7.09. The van der Waals surface area contributed by atoms with Crippen molar-refractivity contribution in [1.29, 1.82) is 0 Å². The molecule has 0 atom stereocenters. The molecule has 1 heterocycles. The van der Waals surface area contributed by atoms with Gasteiger partial charge in [0.15, 0.2) is 0 Å². The molecule has 0 spiro atoms. The summed E-state index contributed by atoms with van der Waals surface area (Å²) >= 11 is 1.19. The summed E-state index contributed by atoms with van der Waals surface area (Å²) in [4.78, 5) is 15.1. The van der Waals surface area contributed by atoms with Gasteiger partial charge in [-0.05, 0) is 6.42 Å². The van der Waals surface area contributed by atoms with Crippen LogP contribution in [0.4, 0.5) is 11.1 Å². The van der Waals surface area contributed by atoms with Crippen LogP contribution in [0.2, 0.25) is 0 Å². The maximum atomic E-state index is 11.2. The van der Waals surface area contributed by atoms with Crippen molar-refractivity contribution >= 4 is 28.5 Å². The molecule has 0 unspecified atom stereocenters. The first-order valence-corrected chi connectivity index (χ1v) is 5.59. The molecular formula is C8H15N5OS. The van der Waals surface area contributed by atoms with E-state index in [1.54, 1.807) is 0 Å². The number of hydrogen-bond acceptors (Lipinski definition) is 6. The van der Waals surface area contributed by atoms with E-state index >= 15 is 0 Å². The summed E-state index contributed by atoms with van der Waals surface area (Å²) in [5.74, 6) is 0.305. The molecule has 0 fully saturated rings. The van der Waals surface area contributed by atoms with Gasteiger partial charge in [-0.15, -0.1) is 0 Å². The molecule has 1 aromatic heterocycles. The summed E-state index contributed by atoms with van der Waals surface area (Å²) in [5.41, 5.74) is 5.34. The Morgan fingerprint density at radius 3 is 2.93 bits per heavy atom. The number of hydrogen-bond donors (Lipinski definition) is 3. The van der Waals surface area contributed by atoms with E-state index in [4.69, 9.17) is 5.73 Å². The first-order chi connectivity index (χ1) is 7.22. The van der Waals surface area contributed by atoms with Crippen LogP contribution in [-0.4, -0.2) is 28.4 Å². The van der Waals surface area contributed by atoms with Crippen molar-refractivity contribution in [2.45, 2.75) is 19.8 Å². The number of carbonyl (C=O) groups is 1. The van der Waals surface area contributed by atoms with Crippen LogP contribution in [0.25, 0.3) is 0 Å². The number of nitrogens with two attached hydrogens (primary N) is 1. The van der Waals surface area contributed by atoms with Gasteiger partial charge in [-0.2, -0.15) is 9.36 Å². The molecule has 0 aliphatic rings. The molecule has 0 saturated carbocycles. The molecular weight excluding hydrogens is 214 g/mol. The van der Waals surface area contributed by atoms with Gasteiger partial charge >= 0.3 is 0 Å². The van der Waals surface area contributed by atoms with Crippen LogP contribution in [0.1, 0.15) is 19.8 Å². The quantitative estimate of drug-likeness (QED) is 0.658. The Kier molecular flexibility index (Phi) is 4.82. The first kappa shape index (κ1) is 11.7. The standard InChI is InChI=1S/C8H15N5OS/c1-2-4-10-6(14)3-5-11-8-12-7(9)13-15-8/h2-5H2,1H3,(H,10,14)(H3,9,11,12,13). The SMILES string of the molecule is CCCNC(=O)CCNc1nc(N)ns1.